The molecule has 1 amide bonds. The first-order chi connectivity index (χ1) is 12.6. The fourth-order valence-electron chi connectivity index (χ4n) is 2.91. The minimum Gasteiger partial charge on any atom is -0.351 e. The summed E-state index contributed by atoms with van der Waals surface area (Å²) in [5, 5.41) is 8.76. The van der Waals surface area contributed by atoms with E-state index in [9.17, 15) is 4.79 Å². The van der Waals surface area contributed by atoms with Crippen LogP contribution in [0.2, 0.25) is 10.0 Å². The molecule has 1 aromatic carbocycles. The van der Waals surface area contributed by atoms with Gasteiger partial charge in [0.25, 0.3) is 5.91 Å². The topological polar surface area (TPSA) is 50.2 Å². The number of hydrogen-bond acceptors (Lipinski definition) is 3. The lowest BCUT2D eigenvalue weighted by Gasteiger charge is -2.15. The molecule has 0 fully saturated rings. The van der Waals surface area contributed by atoms with Gasteiger partial charge in [-0.15, -0.1) is 0 Å². The van der Waals surface area contributed by atoms with Gasteiger partial charge in [-0.1, -0.05) is 50.9 Å². The Kier molecular flexibility index (Phi) is 7.32. The molecule has 27 heavy (non-hydrogen) atoms. The van der Waals surface area contributed by atoms with Crippen LogP contribution in [0.25, 0.3) is 5.69 Å². The number of nitrogens with one attached hydrogen (secondary N) is 1. The SMILES string of the molecule is CC(C)c1nn(-c2ccc(Cl)c(Cl)c2)c(C(C)C)c1C(=O)NCCN(C)C. The zero-order valence-corrected chi connectivity index (χ0v) is 18.3. The second-order valence-electron chi connectivity index (χ2n) is 7.52. The van der Waals surface area contributed by atoms with E-state index in [2.05, 4.69) is 19.2 Å². The molecular formula is C20H28Cl2N4O. The van der Waals surface area contributed by atoms with Crippen LogP contribution in [-0.4, -0.2) is 47.8 Å². The fourth-order valence-corrected chi connectivity index (χ4v) is 3.21. The first-order valence-corrected chi connectivity index (χ1v) is 9.90. The van der Waals surface area contributed by atoms with E-state index < -0.39 is 0 Å². The molecule has 0 saturated carbocycles. The minimum absolute atomic E-state index is 0.0874. The van der Waals surface area contributed by atoms with Crippen LogP contribution in [0.1, 0.15) is 61.3 Å². The molecule has 1 heterocycles. The van der Waals surface area contributed by atoms with Crippen LogP contribution in [0.15, 0.2) is 18.2 Å². The third-order valence-electron chi connectivity index (χ3n) is 4.26. The largest absolute Gasteiger partial charge is 0.351 e. The van der Waals surface area contributed by atoms with Crippen molar-refractivity contribution in [1.82, 2.24) is 20.0 Å². The van der Waals surface area contributed by atoms with E-state index in [0.717, 1.165) is 23.6 Å². The van der Waals surface area contributed by atoms with Crippen molar-refractivity contribution in [1.29, 1.82) is 0 Å². The summed E-state index contributed by atoms with van der Waals surface area (Å²) in [6.07, 6.45) is 0. The number of benzene rings is 1. The van der Waals surface area contributed by atoms with Gasteiger partial charge in [0.1, 0.15) is 0 Å². The molecule has 0 aliphatic carbocycles. The average molecular weight is 411 g/mol. The van der Waals surface area contributed by atoms with Crippen LogP contribution in [0.4, 0.5) is 0 Å². The second kappa shape index (κ2) is 9.09. The summed E-state index contributed by atoms with van der Waals surface area (Å²) in [5.74, 6) is 0.130. The molecule has 148 valence electrons. The van der Waals surface area contributed by atoms with Gasteiger partial charge in [-0.3, -0.25) is 4.79 Å². The Hall–Kier alpha value is -1.56. The molecule has 1 N–H and O–H groups in total. The van der Waals surface area contributed by atoms with E-state index in [1.165, 1.54) is 0 Å². The van der Waals surface area contributed by atoms with Crippen molar-refractivity contribution in [2.45, 2.75) is 39.5 Å². The Morgan fingerprint density at radius 3 is 2.33 bits per heavy atom. The Labute approximate surface area is 171 Å². The molecule has 0 aliphatic heterocycles. The smallest absolute Gasteiger partial charge is 0.255 e. The van der Waals surface area contributed by atoms with Gasteiger partial charge in [0.05, 0.1) is 32.7 Å². The number of rotatable bonds is 7. The number of amides is 1. The lowest BCUT2D eigenvalue weighted by atomic mass is 9.98. The molecule has 2 aromatic rings. The van der Waals surface area contributed by atoms with Gasteiger partial charge in [-0.2, -0.15) is 5.10 Å². The Morgan fingerprint density at radius 1 is 1.15 bits per heavy atom. The summed E-state index contributed by atoms with van der Waals surface area (Å²) < 4.78 is 1.82. The molecule has 0 spiro atoms. The van der Waals surface area contributed by atoms with Gasteiger partial charge in [0.2, 0.25) is 0 Å². The summed E-state index contributed by atoms with van der Waals surface area (Å²) in [5.41, 5.74) is 3.11. The predicted molar refractivity (Wildman–Crippen MR) is 113 cm³/mol. The normalized spacial score (nSPS) is 11.7. The molecule has 0 aliphatic rings. The quantitative estimate of drug-likeness (QED) is 0.718. The van der Waals surface area contributed by atoms with E-state index in [1.807, 2.05) is 43.6 Å². The number of likely N-dealkylation sites (N-methyl/N-ethyl adjacent to an activating group) is 1. The summed E-state index contributed by atoms with van der Waals surface area (Å²) in [4.78, 5) is 15.0. The second-order valence-corrected chi connectivity index (χ2v) is 8.34. The number of carbonyl (C=O) groups is 1. The highest BCUT2D eigenvalue weighted by atomic mass is 35.5. The maximum absolute atomic E-state index is 13.0. The maximum atomic E-state index is 13.0. The lowest BCUT2D eigenvalue weighted by Crippen LogP contribution is -2.32. The third kappa shape index (κ3) is 5.03. The van der Waals surface area contributed by atoms with Crippen molar-refractivity contribution in [2.75, 3.05) is 27.2 Å². The standard InChI is InChI=1S/C20H28Cl2N4O/c1-12(2)18-17(20(27)23-9-10-25(5)6)19(13(3)4)26(24-18)14-7-8-15(21)16(22)11-14/h7-8,11-13H,9-10H2,1-6H3,(H,23,27). The van der Waals surface area contributed by atoms with Crippen molar-refractivity contribution in [3.63, 3.8) is 0 Å². The van der Waals surface area contributed by atoms with E-state index in [1.54, 1.807) is 12.1 Å². The molecule has 0 atom stereocenters. The first-order valence-electron chi connectivity index (χ1n) is 9.14. The highest BCUT2D eigenvalue weighted by molar-refractivity contribution is 6.42. The minimum atomic E-state index is -0.0874. The van der Waals surface area contributed by atoms with Crippen LogP contribution in [0.5, 0.6) is 0 Å². The summed E-state index contributed by atoms with van der Waals surface area (Å²) in [7, 11) is 3.96. The third-order valence-corrected chi connectivity index (χ3v) is 5.00. The van der Waals surface area contributed by atoms with Crippen LogP contribution in [0.3, 0.4) is 0 Å². The van der Waals surface area contributed by atoms with Gasteiger partial charge in [-0.25, -0.2) is 4.68 Å². The van der Waals surface area contributed by atoms with Gasteiger partial charge >= 0.3 is 0 Å². The van der Waals surface area contributed by atoms with Crippen molar-refractivity contribution in [3.8, 4) is 5.69 Å². The van der Waals surface area contributed by atoms with E-state index in [4.69, 9.17) is 28.3 Å². The number of nitrogens with zero attached hydrogens (tertiary/aromatic N) is 3. The molecule has 0 bridgehead atoms. The number of hydrogen-bond donors (Lipinski definition) is 1. The van der Waals surface area contributed by atoms with Crippen molar-refractivity contribution in [3.05, 3.63) is 45.2 Å². The number of halogens is 2. The molecule has 0 radical (unpaired) electrons. The van der Waals surface area contributed by atoms with Crippen molar-refractivity contribution in [2.24, 2.45) is 0 Å². The predicted octanol–water partition coefficient (Wildman–Crippen LogP) is 4.72. The van der Waals surface area contributed by atoms with Gasteiger partial charge in [0.15, 0.2) is 0 Å². The molecule has 2 rings (SSSR count). The van der Waals surface area contributed by atoms with Gasteiger partial charge in [0, 0.05) is 13.1 Å². The molecular weight excluding hydrogens is 383 g/mol. The number of carbonyl (C=O) groups excluding carboxylic acids is 1. The highest BCUT2D eigenvalue weighted by Crippen LogP contribution is 2.32. The summed E-state index contributed by atoms with van der Waals surface area (Å²) >= 11 is 12.3. The maximum Gasteiger partial charge on any atom is 0.255 e. The number of aromatic nitrogens is 2. The van der Waals surface area contributed by atoms with Crippen LogP contribution >= 0.6 is 23.2 Å². The molecule has 5 nitrogen and oxygen atoms in total. The van der Waals surface area contributed by atoms with Gasteiger partial charge < -0.3 is 10.2 Å². The van der Waals surface area contributed by atoms with Crippen LogP contribution in [0, 0.1) is 0 Å². The average Bonchev–Trinajstić information content (AvgIpc) is 2.98. The zero-order valence-electron chi connectivity index (χ0n) is 16.8. The Balaban J connectivity index is 2.55. The Bertz CT molecular complexity index is 813. The van der Waals surface area contributed by atoms with Crippen LogP contribution in [-0.2, 0) is 0 Å². The van der Waals surface area contributed by atoms with Gasteiger partial charge in [-0.05, 0) is 44.1 Å². The van der Waals surface area contributed by atoms with E-state index >= 15 is 0 Å². The lowest BCUT2D eigenvalue weighted by molar-refractivity contribution is 0.0948. The first kappa shape index (κ1) is 21.7. The van der Waals surface area contributed by atoms with Crippen molar-refractivity contribution < 1.29 is 4.79 Å². The molecule has 0 unspecified atom stereocenters. The van der Waals surface area contributed by atoms with Crippen LogP contribution < -0.4 is 5.32 Å². The summed E-state index contributed by atoms with van der Waals surface area (Å²) in [6.45, 7) is 9.57. The Morgan fingerprint density at radius 2 is 1.81 bits per heavy atom. The van der Waals surface area contributed by atoms with E-state index in [0.29, 0.717) is 22.2 Å². The monoisotopic (exact) mass is 410 g/mol. The fraction of sp³-hybridized carbons (Fsp3) is 0.500. The molecule has 0 saturated heterocycles. The zero-order chi connectivity index (χ0) is 20.3. The molecule has 1 aromatic heterocycles. The highest BCUT2D eigenvalue weighted by Gasteiger charge is 2.27. The van der Waals surface area contributed by atoms with E-state index in [-0.39, 0.29) is 17.7 Å². The molecule has 7 heteroatoms. The van der Waals surface area contributed by atoms with Crippen molar-refractivity contribution >= 4 is 29.1 Å². The summed E-state index contributed by atoms with van der Waals surface area (Å²) in [6, 6.07) is 5.39.